The van der Waals surface area contributed by atoms with Gasteiger partial charge in [-0.1, -0.05) is 94.7 Å². The van der Waals surface area contributed by atoms with Crippen molar-refractivity contribution in [2.24, 2.45) is 5.92 Å². The molecule has 0 aliphatic rings. The van der Waals surface area contributed by atoms with Crippen LogP contribution in [0.2, 0.25) is 0 Å². The molecule has 0 aliphatic carbocycles. The molecular weight excluding hydrogens is 288 g/mol. The van der Waals surface area contributed by atoms with Gasteiger partial charge in [-0.3, -0.25) is 0 Å². The molecule has 0 N–H and O–H groups in total. The van der Waals surface area contributed by atoms with Gasteiger partial charge in [-0.05, 0) is 44.4 Å². The lowest BCUT2D eigenvalue weighted by Crippen LogP contribution is -1.96. The van der Waals surface area contributed by atoms with E-state index in [4.69, 9.17) is 0 Å². The molecule has 1 atom stereocenters. The molecule has 0 rings (SSSR count). The quantitative estimate of drug-likeness (QED) is 0.126. The van der Waals surface area contributed by atoms with Crippen molar-refractivity contribution in [3.63, 3.8) is 0 Å². The monoisotopic (exact) mass is 330 g/mol. The number of hydrogen-bond acceptors (Lipinski definition) is 0. The average Bonchev–Trinajstić information content (AvgIpc) is 2.60. The van der Waals surface area contributed by atoms with Gasteiger partial charge in [0, 0.05) is 0 Å². The zero-order chi connectivity index (χ0) is 17.7. The number of hydrogen-bond donors (Lipinski definition) is 0. The molecule has 0 bridgehead atoms. The SMILES string of the molecule is C=CC=CCCCCCCCCCCC(C=C)CCCCCC=C. The van der Waals surface area contributed by atoms with E-state index in [1.165, 1.54) is 96.3 Å². The van der Waals surface area contributed by atoms with Gasteiger partial charge in [-0.25, -0.2) is 0 Å². The Morgan fingerprint density at radius 1 is 0.583 bits per heavy atom. The van der Waals surface area contributed by atoms with E-state index >= 15 is 0 Å². The highest BCUT2D eigenvalue weighted by molar-refractivity contribution is 4.96. The first-order chi connectivity index (χ1) is 11.8. The molecule has 24 heavy (non-hydrogen) atoms. The zero-order valence-electron chi connectivity index (χ0n) is 16.2. The van der Waals surface area contributed by atoms with Gasteiger partial charge in [0.1, 0.15) is 0 Å². The zero-order valence-corrected chi connectivity index (χ0v) is 16.2. The van der Waals surface area contributed by atoms with Crippen molar-refractivity contribution in [1.82, 2.24) is 0 Å². The summed E-state index contributed by atoms with van der Waals surface area (Å²) in [6, 6.07) is 0. The van der Waals surface area contributed by atoms with Crippen LogP contribution >= 0.6 is 0 Å². The number of rotatable bonds is 19. The minimum Gasteiger partial charge on any atom is -0.103 e. The van der Waals surface area contributed by atoms with Crippen molar-refractivity contribution in [3.8, 4) is 0 Å². The van der Waals surface area contributed by atoms with E-state index in [-0.39, 0.29) is 0 Å². The fourth-order valence-electron chi connectivity index (χ4n) is 3.17. The first kappa shape index (κ1) is 23.0. The van der Waals surface area contributed by atoms with Crippen LogP contribution < -0.4 is 0 Å². The van der Waals surface area contributed by atoms with Crippen LogP contribution in [0.3, 0.4) is 0 Å². The van der Waals surface area contributed by atoms with E-state index in [2.05, 4.69) is 38.0 Å². The molecule has 0 radical (unpaired) electrons. The Bertz CT molecular complexity index is 310. The van der Waals surface area contributed by atoms with Crippen LogP contribution in [0.1, 0.15) is 96.3 Å². The predicted molar refractivity (Wildman–Crippen MR) is 112 cm³/mol. The Kier molecular flexibility index (Phi) is 19.1. The molecule has 1 unspecified atom stereocenters. The maximum atomic E-state index is 4.03. The molecule has 0 spiro atoms. The molecule has 0 saturated carbocycles. The van der Waals surface area contributed by atoms with Crippen molar-refractivity contribution in [2.75, 3.05) is 0 Å². The van der Waals surface area contributed by atoms with Crippen molar-refractivity contribution in [2.45, 2.75) is 96.3 Å². The molecular formula is C24H42. The minimum absolute atomic E-state index is 0.748. The smallest absolute Gasteiger partial charge is 0.0236 e. The summed E-state index contributed by atoms with van der Waals surface area (Å²) in [6.07, 6.45) is 30.6. The van der Waals surface area contributed by atoms with Crippen LogP contribution in [0.15, 0.2) is 50.1 Å². The Hall–Kier alpha value is -1.04. The second-order valence-corrected chi connectivity index (χ2v) is 6.99. The normalized spacial score (nSPS) is 12.3. The van der Waals surface area contributed by atoms with Crippen LogP contribution in [0.4, 0.5) is 0 Å². The van der Waals surface area contributed by atoms with E-state index < -0.39 is 0 Å². The van der Waals surface area contributed by atoms with Gasteiger partial charge in [0.05, 0.1) is 0 Å². The Balaban J connectivity index is 3.31. The van der Waals surface area contributed by atoms with E-state index in [0.29, 0.717) is 0 Å². The van der Waals surface area contributed by atoms with Crippen molar-refractivity contribution in [1.29, 1.82) is 0 Å². The van der Waals surface area contributed by atoms with Gasteiger partial charge in [0.2, 0.25) is 0 Å². The van der Waals surface area contributed by atoms with Gasteiger partial charge >= 0.3 is 0 Å². The van der Waals surface area contributed by atoms with E-state index in [1.54, 1.807) is 0 Å². The summed E-state index contributed by atoms with van der Waals surface area (Å²) in [6.45, 7) is 11.5. The van der Waals surface area contributed by atoms with Crippen LogP contribution in [0.5, 0.6) is 0 Å². The van der Waals surface area contributed by atoms with Gasteiger partial charge in [0.25, 0.3) is 0 Å². The van der Waals surface area contributed by atoms with Gasteiger partial charge < -0.3 is 0 Å². The third kappa shape index (κ3) is 17.3. The lowest BCUT2D eigenvalue weighted by atomic mass is 9.94. The maximum Gasteiger partial charge on any atom is -0.0236 e. The van der Waals surface area contributed by atoms with Crippen molar-refractivity contribution < 1.29 is 0 Å². The summed E-state index contributed by atoms with van der Waals surface area (Å²) in [5, 5.41) is 0. The highest BCUT2D eigenvalue weighted by Gasteiger charge is 2.03. The van der Waals surface area contributed by atoms with Crippen molar-refractivity contribution in [3.05, 3.63) is 50.1 Å². The summed E-state index contributed by atoms with van der Waals surface area (Å²) in [4.78, 5) is 0. The molecule has 0 aliphatic heterocycles. The van der Waals surface area contributed by atoms with Crippen LogP contribution in [0.25, 0.3) is 0 Å². The van der Waals surface area contributed by atoms with Gasteiger partial charge in [-0.15, -0.1) is 13.2 Å². The molecule has 0 heterocycles. The molecule has 0 fully saturated rings. The summed E-state index contributed by atoms with van der Waals surface area (Å²) < 4.78 is 0. The molecule has 0 amide bonds. The third-order valence-corrected chi connectivity index (χ3v) is 4.78. The molecule has 0 nitrogen and oxygen atoms in total. The van der Waals surface area contributed by atoms with Gasteiger partial charge in [-0.2, -0.15) is 0 Å². The van der Waals surface area contributed by atoms with Crippen LogP contribution in [-0.4, -0.2) is 0 Å². The third-order valence-electron chi connectivity index (χ3n) is 4.78. The molecule has 0 heteroatoms. The maximum absolute atomic E-state index is 4.03. The Morgan fingerprint density at radius 3 is 1.62 bits per heavy atom. The second kappa shape index (κ2) is 20.0. The minimum atomic E-state index is 0.748. The molecule has 0 aromatic rings. The standard InChI is InChI=1S/C24H42/c1-4-7-9-11-12-13-14-15-16-17-19-21-23-24(6-3)22-20-18-10-8-5-2/h4-7,9,24H,1-3,8,10-23H2. The lowest BCUT2D eigenvalue weighted by Gasteiger charge is -2.12. The summed E-state index contributed by atoms with van der Waals surface area (Å²) in [5.41, 5.74) is 0. The Labute approximate surface area is 152 Å². The highest BCUT2D eigenvalue weighted by Crippen LogP contribution is 2.19. The van der Waals surface area contributed by atoms with Gasteiger partial charge in [0.15, 0.2) is 0 Å². The van der Waals surface area contributed by atoms with Crippen LogP contribution in [-0.2, 0) is 0 Å². The van der Waals surface area contributed by atoms with E-state index in [0.717, 1.165) is 5.92 Å². The van der Waals surface area contributed by atoms with E-state index in [1.807, 2.05) is 12.2 Å². The molecule has 0 saturated heterocycles. The lowest BCUT2D eigenvalue weighted by molar-refractivity contribution is 0.469. The second-order valence-electron chi connectivity index (χ2n) is 6.99. The first-order valence-electron chi connectivity index (χ1n) is 10.4. The van der Waals surface area contributed by atoms with Crippen LogP contribution in [0, 0.1) is 5.92 Å². The predicted octanol–water partition coefficient (Wildman–Crippen LogP) is 8.57. The first-order valence-corrected chi connectivity index (χ1v) is 10.4. The molecule has 0 aromatic heterocycles. The highest BCUT2D eigenvalue weighted by atomic mass is 14.1. The summed E-state index contributed by atoms with van der Waals surface area (Å²) >= 11 is 0. The summed E-state index contributed by atoms with van der Waals surface area (Å²) in [7, 11) is 0. The topological polar surface area (TPSA) is 0 Å². The number of allylic oxidation sites excluding steroid dienone is 5. The number of unbranched alkanes of at least 4 members (excludes halogenated alkanes) is 11. The average molecular weight is 331 g/mol. The fourth-order valence-corrected chi connectivity index (χ4v) is 3.17. The fraction of sp³-hybridized carbons (Fsp3) is 0.667. The molecule has 138 valence electrons. The van der Waals surface area contributed by atoms with Crippen molar-refractivity contribution >= 4 is 0 Å². The Morgan fingerprint density at radius 2 is 1.08 bits per heavy atom. The largest absolute Gasteiger partial charge is 0.103 e. The molecule has 0 aromatic carbocycles. The van der Waals surface area contributed by atoms with E-state index in [9.17, 15) is 0 Å². The summed E-state index contributed by atoms with van der Waals surface area (Å²) in [5.74, 6) is 0.748.